The number of fused-ring (bicyclic) bond motifs is 3. The molecule has 8 nitrogen and oxygen atoms in total. The summed E-state index contributed by atoms with van der Waals surface area (Å²) >= 11 is 0. The quantitative estimate of drug-likeness (QED) is 0.528. The van der Waals surface area contributed by atoms with Gasteiger partial charge in [-0.2, -0.15) is 0 Å². The maximum absolute atomic E-state index is 13.1. The number of carbonyl (C=O) groups is 1. The summed E-state index contributed by atoms with van der Waals surface area (Å²) in [6.45, 7) is 2.57. The number of rotatable bonds is 4. The maximum atomic E-state index is 13.1. The van der Waals surface area contributed by atoms with E-state index in [0.29, 0.717) is 29.7 Å². The van der Waals surface area contributed by atoms with Gasteiger partial charge >= 0.3 is 0 Å². The molecule has 1 aromatic carbocycles. The van der Waals surface area contributed by atoms with Crippen LogP contribution in [0.1, 0.15) is 47.9 Å². The van der Waals surface area contributed by atoms with Gasteiger partial charge in [0.1, 0.15) is 18.1 Å². The van der Waals surface area contributed by atoms with Gasteiger partial charge in [-0.05, 0) is 44.0 Å². The summed E-state index contributed by atoms with van der Waals surface area (Å²) in [5.74, 6) is 1.73. The number of nitrogens with zero attached hydrogens (tertiary/aromatic N) is 5. The first kappa shape index (κ1) is 18.8. The lowest BCUT2D eigenvalue weighted by atomic mass is 10.1. The third-order valence-corrected chi connectivity index (χ3v) is 5.99. The molecule has 0 saturated heterocycles. The van der Waals surface area contributed by atoms with Crippen LogP contribution in [0.15, 0.2) is 61.4 Å². The highest BCUT2D eigenvalue weighted by atomic mass is 16.5. The van der Waals surface area contributed by atoms with Crippen molar-refractivity contribution >= 4 is 11.6 Å². The number of amides is 1. The summed E-state index contributed by atoms with van der Waals surface area (Å²) in [7, 11) is 0. The third-order valence-electron chi connectivity index (χ3n) is 5.99. The average molecular weight is 426 g/mol. The number of carbonyl (C=O) groups excluding carboxylic acids is 1. The normalized spacial score (nSPS) is 17.1. The van der Waals surface area contributed by atoms with E-state index in [1.807, 2.05) is 41.2 Å². The Hall–Kier alpha value is -3.94. The molecule has 1 fully saturated rings. The summed E-state index contributed by atoms with van der Waals surface area (Å²) in [5.41, 5.74) is 3.73. The number of para-hydroxylation sites is 1. The summed E-state index contributed by atoms with van der Waals surface area (Å²) in [6.07, 6.45) is 11.6. The Morgan fingerprint density at radius 3 is 2.94 bits per heavy atom. The van der Waals surface area contributed by atoms with Gasteiger partial charge in [-0.1, -0.05) is 6.07 Å². The number of ether oxygens (including phenoxy) is 1. The van der Waals surface area contributed by atoms with Crippen LogP contribution < -0.4 is 10.1 Å². The number of aromatic nitrogens is 5. The number of hydrogen-bond acceptors (Lipinski definition) is 5. The second-order valence-electron chi connectivity index (χ2n) is 8.33. The minimum Gasteiger partial charge on any atom is -0.488 e. The van der Waals surface area contributed by atoms with Gasteiger partial charge in [0.05, 0.1) is 35.0 Å². The number of nitrogens with one attached hydrogen (secondary N) is 1. The number of hydrogen-bond donors (Lipinski definition) is 1. The van der Waals surface area contributed by atoms with Crippen LogP contribution in [0.4, 0.5) is 5.69 Å². The SMILES string of the molecule is C[C@H]1COc2c(NC(=O)c3cc(-n4cnc(C5CC5)c4)ccn3)cccc2-c2nccn21. The Morgan fingerprint density at radius 1 is 1.16 bits per heavy atom. The topological polar surface area (TPSA) is 86.9 Å². The van der Waals surface area contributed by atoms with Gasteiger partial charge in [0, 0.05) is 30.7 Å². The summed E-state index contributed by atoms with van der Waals surface area (Å²) in [6, 6.07) is 9.46. The molecule has 0 unspecified atom stereocenters. The van der Waals surface area contributed by atoms with Crippen molar-refractivity contribution in [1.29, 1.82) is 0 Å². The Bertz CT molecular complexity index is 1320. The van der Waals surface area contributed by atoms with E-state index in [1.165, 1.54) is 12.8 Å². The molecule has 2 aliphatic rings. The van der Waals surface area contributed by atoms with E-state index in [9.17, 15) is 4.79 Å². The van der Waals surface area contributed by atoms with E-state index < -0.39 is 0 Å². The van der Waals surface area contributed by atoms with Crippen molar-refractivity contribution in [3.05, 3.63) is 72.8 Å². The number of anilines is 1. The summed E-state index contributed by atoms with van der Waals surface area (Å²) in [4.78, 5) is 26.4. The summed E-state index contributed by atoms with van der Waals surface area (Å²) in [5, 5.41) is 2.98. The van der Waals surface area contributed by atoms with Gasteiger partial charge in [0.2, 0.25) is 0 Å². The molecule has 1 atom stereocenters. The average Bonchev–Trinajstić information content (AvgIpc) is 3.37. The Balaban J connectivity index is 1.29. The number of benzene rings is 1. The highest BCUT2D eigenvalue weighted by molar-refractivity contribution is 6.04. The van der Waals surface area contributed by atoms with Crippen LogP contribution in [0.25, 0.3) is 17.1 Å². The molecule has 4 heterocycles. The zero-order valence-corrected chi connectivity index (χ0v) is 17.6. The molecule has 6 rings (SSSR count). The van der Waals surface area contributed by atoms with E-state index >= 15 is 0 Å². The van der Waals surface area contributed by atoms with E-state index in [0.717, 1.165) is 22.8 Å². The largest absolute Gasteiger partial charge is 0.488 e. The van der Waals surface area contributed by atoms with Crippen molar-refractivity contribution in [2.75, 3.05) is 11.9 Å². The minimum absolute atomic E-state index is 0.137. The molecule has 4 aromatic rings. The van der Waals surface area contributed by atoms with Crippen LogP contribution in [0.5, 0.6) is 5.75 Å². The predicted octanol–water partition coefficient (Wildman–Crippen LogP) is 4.21. The first-order valence-corrected chi connectivity index (χ1v) is 10.8. The second-order valence-corrected chi connectivity index (χ2v) is 8.33. The Labute approximate surface area is 184 Å². The highest BCUT2D eigenvalue weighted by Crippen LogP contribution is 2.40. The molecule has 1 aliphatic carbocycles. The predicted molar refractivity (Wildman–Crippen MR) is 119 cm³/mol. The van der Waals surface area contributed by atoms with Gasteiger partial charge < -0.3 is 19.2 Å². The van der Waals surface area contributed by atoms with E-state index in [-0.39, 0.29) is 11.9 Å². The van der Waals surface area contributed by atoms with Gasteiger partial charge in [-0.3, -0.25) is 9.78 Å². The molecule has 1 saturated carbocycles. The number of pyridine rings is 1. The van der Waals surface area contributed by atoms with Crippen molar-refractivity contribution < 1.29 is 9.53 Å². The minimum atomic E-state index is -0.299. The van der Waals surface area contributed by atoms with Crippen molar-refractivity contribution in [1.82, 2.24) is 24.1 Å². The summed E-state index contributed by atoms with van der Waals surface area (Å²) < 4.78 is 10.1. The van der Waals surface area contributed by atoms with Crippen LogP contribution in [-0.2, 0) is 0 Å². The van der Waals surface area contributed by atoms with Crippen molar-refractivity contribution in [2.45, 2.75) is 31.7 Å². The standard InChI is InChI=1S/C24H22N6O2/c1-15-13-32-22-18(23-26-9-10-30(15)23)3-2-4-19(22)28-24(31)20-11-17(7-8-25-20)29-12-21(27-14-29)16-5-6-16/h2-4,7-12,14-16H,5-6,13H2,1H3,(H,28,31)/t15-/m0/s1. The molecule has 3 aromatic heterocycles. The zero-order chi connectivity index (χ0) is 21.7. The molecule has 160 valence electrons. The molecular weight excluding hydrogens is 404 g/mol. The maximum Gasteiger partial charge on any atom is 0.274 e. The van der Waals surface area contributed by atoms with Gasteiger partial charge in [0.25, 0.3) is 5.91 Å². The highest BCUT2D eigenvalue weighted by Gasteiger charge is 2.26. The Morgan fingerprint density at radius 2 is 2.06 bits per heavy atom. The molecule has 8 heteroatoms. The number of imidazole rings is 2. The van der Waals surface area contributed by atoms with Crippen LogP contribution in [0.2, 0.25) is 0 Å². The van der Waals surface area contributed by atoms with E-state index in [1.54, 1.807) is 24.8 Å². The fourth-order valence-electron chi connectivity index (χ4n) is 4.09. The van der Waals surface area contributed by atoms with E-state index in [4.69, 9.17) is 4.74 Å². The molecule has 32 heavy (non-hydrogen) atoms. The van der Waals surface area contributed by atoms with Crippen LogP contribution in [-0.4, -0.2) is 36.6 Å². The van der Waals surface area contributed by atoms with Crippen LogP contribution in [0.3, 0.4) is 0 Å². The van der Waals surface area contributed by atoms with E-state index in [2.05, 4.69) is 31.8 Å². The fraction of sp³-hybridized carbons (Fsp3) is 0.250. The smallest absolute Gasteiger partial charge is 0.274 e. The van der Waals surface area contributed by atoms with Gasteiger partial charge in [-0.15, -0.1) is 0 Å². The molecule has 1 amide bonds. The zero-order valence-electron chi connectivity index (χ0n) is 17.6. The molecule has 0 radical (unpaired) electrons. The Kier molecular flexibility index (Phi) is 4.31. The van der Waals surface area contributed by atoms with Gasteiger partial charge in [-0.25, -0.2) is 9.97 Å². The first-order chi connectivity index (χ1) is 15.7. The molecule has 1 aliphatic heterocycles. The first-order valence-electron chi connectivity index (χ1n) is 10.8. The van der Waals surface area contributed by atoms with Crippen molar-refractivity contribution in [2.24, 2.45) is 0 Å². The van der Waals surface area contributed by atoms with Crippen LogP contribution in [0, 0.1) is 0 Å². The van der Waals surface area contributed by atoms with Crippen molar-refractivity contribution in [3.8, 4) is 22.8 Å². The molecule has 0 bridgehead atoms. The monoisotopic (exact) mass is 426 g/mol. The molecule has 0 spiro atoms. The lowest BCUT2D eigenvalue weighted by molar-refractivity contribution is 0.102. The van der Waals surface area contributed by atoms with Crippen molar-refractivity contribution in [3.63, 3.8) is 0 Å². The molecular formula is C24H22N6O2. The molecule has 1 N–H and O–H groups in total. The third kappa shape index (κ3) is 3.24. The van der Waals surface area contributed by atoms with Crippen LogP contribution >= 0.6 is 0 Å². The second kappa shape index (κ2) is 7.33. The fourth-order valence-corrected chi connectivity index (χ4v) is 4.09. The van der Waals surface area contributed by atoms with Gasteiger partial charge in [0.15, 0.2) is 5.75 Å². The lowest BCUT2D eigenvalue weighted by Crippen LogP contribution is -2.15. The lowest BCUT2D eigenvalue weighted by Gasteiger charge is -2.14.